The van der Waals surface area contributed by atoms with Crippen LogP contribution in [-0.4, -0.2) is 49.5 Å². The SMILES string of the molecule is CN(C)c1cc(F)ccc1C(=O)CCCN1CCC(O)(c2ccc(Cl)cc2)CC1. The lowest BCUT2D eigenvalue weighted by Gasteiger charge is -2.38. The van der Waals surface area contributed by atoms with Gasteiger partial charge < -0.3 is 14.9 Å². The van der Waals surface area contributed by atoms with Crippen molar-refractivity contribution < 1.29 is 14.3 Å². The van der Waals surface area contributed by atoms with Crippen LogP contribution in [0.15, 0.2) is 42.5 Å². The smallest absolute Gasteiger partial charge is 0.165 e. The second-order valence-electron chi connectivity index (χ2n) is 7.96. The van der Waals surface area contributed by atoms with Gasteiger partial charge in [-0.2, -0.15) is 0 Å². The lowest BCUT2D eigenvalue weighted by atomic mass is 9.84. The van der Waals surface area contributed by atoms with Gasteiger partial charge in [-0.05, 0) is 61.7 Å². The quantitative estimate of drug-likeness (QED) is 0.673. The minimum Gasteiger partial charge on any atom is -0.385 e. The van der Waals surface area contributed by atoms with Crippen molar-refractivity contribution in [2.75, 3.05) is 38.6 Å². The summed E-state index contributed by atoms with van der Waals surface area (Å²) in [5.41, 5.74) is 1.27. The molecule has 1 aliphatic heterocycles. The van der Waals surface area contributed by atoms with Crippen molar-refractivity contribution in [3.63, 3.8) is 0 Å². The number of nitrogens with zero attached hydrogens (tertiary/aromatic N) is 2. The van der Waals surface area contributed by atoms with E-state index in [-0.39, 0.29) is 11.6 Å². The number of halogens is 2. The Kier molecular flexibility index (Phi) is 6.93. The topological polar surface area (TPSA) is 43.8 Å². The summed E-state index contributed by atoms with van der Waals surface area (Å²) in [5.74, 6) is -0.310. The Balaban J connectivity index is 1.50. The third kappa shape index (κ3) is 5.35. The van der Waals surface area contributed by atoms with E-state index < -0.39 is 5.60 Å². The average molecular weight is 419 g/mol. The van der Waals surface area contributed by atoms with Crippen molar-refractivity contribution in [2.24, 2.45) is 0 Å². The Bertz CT molecular complexity index is 846. The van der Waals surface area contributed by atoms with Crippen LogP contribution in [0.25, 0.3) is 0 Å². The maximum absolute atomic E-state index is 13.5. The Morgan fingerprint density at radius 3 is 2.45 bits per heavy atom. The lowest BCUT2D eigenvalue weighted by molar-refractivity contribution is -0.0260. The summed E-state index contributed by atoms with van der Waals surface area (Å²) in [6.45, 7) is 2.38. The molecule has 29 heavy (non-hydrogen) atoms. The molecule has 1 saturated heterocycles. The molecule has 0 saturated carbocycles. The molecule has 0 atom stereocenters. The normalized spacial score (nSPS) is 16.6. The first-order chi connectivity index (χ1) is 13.8. The predicted octanol–water partition coefficient (Wildman–Crippen LogP) is 4.49. The molecule has 0 unspecified atom stereocenters. The van der Waals surface area contributed by atoms with Crippen LogP contribution in [-0.2, 0) is 5.60 Å². The summed E-state index contributed by atoms with van der Waals surface area (Å²) in [7, 11) is 3.61. The van der Waals surface area contributed by atoms with Gasteiger partial charge in [0.1, 0.15) is 5.82 Å². The molecule has 1 heterocycles. The van der Waals surface area contributed by atoms with Gasteiger partial charge in [0.2, 0.25) is 0 Å². The fourth-order valence-corrected chi connectivity index (χ4v) is 4.03. The fraction of sp³-hybridized carbons (Fsp3) is 0.435. The molecule has 156 valence electrons. The number of likely N-dealkylation sites (tertiary alicyclic amines) is 1. The van der Waals surface area contributed by atoms with Gasteiger partial charge in [-0.25, -0.2) is 4.39 Å². The molecule has 2 aromatic rings. The Hall–Kier alpha value is -1.95. The zero-order valence-electron chi connectivity index (χ0n) is 17.0. The number of benzene rings is 2. The first kappa shape index (κ1) is 21.8. The monoisotopic (exact) mass is 418 g/mol. The zero-order valence-corrected chi connectivity index (χ0v) is 17.8. The first-order valence-electron chi connectivity index (χ1n) is 9.99. The molecule has 3 rings (SSSR count). The summed E-state index contributed by atoms with van der Waals surface area (Å²) in [4.78, 5) is 16.7. The van der Waals surface area contributed by atoms with Gasteiger partial charge in [0.05, 0.1) is 5.60 Å². The number of Topliss-reactive ketones (excluding diaryl/α,β-unsaturated/α-hetero) is 1. The Labute approximate surface area is 176 Å². The van der Waals surface area contributed by atoms with Crippen molar-refractivity contribution in [1.82, 2.24) is 4.90 Å². The van der Waals surface area contributed by atoms with Gasteiger partial charge in [0, 0.05) is 49.9 Å². The molecule has 1 fully saturated rings. The number of aliphatic hydroxyl groups is 1. The Morgan fingerprint density at radius 1 is 1.17 bits per heavy atom. The van der Waals surface area contributed by atoms with Crippen LogP contribution < -0.4 is 4.90 Å². The third-order valence-electron chi connectivity index (χ3n) is 5.68. The van der Waals surface area contributed by atoms with Crippen LogP contribution in [0, 0.1) is 5.82 Å². The molecule has 4 nitrogen and oxygen atoms in total. The molecule has 1 N–H and O–H groups in total. The summed E-state index contributed by atoms with van der Waals surface area (Å²) in [6.07, 6.45) is 2.48. The van der Waals surface area contributed by atoms with E-state index in [9.17, 15) is 14.3 Å². The minimum absolute atomic E-state index is 0.0309. The van der Waals surface area contributed by atoms with Gasteiger partial charge in [0.25, 0.3) is 0 Å². The van der Waals surface area contributed by atoms with Gasteiger partial charge in [-0.3, -0.25) is 4.79 Å². The van der Waals surface area contributed by atoms with Gasteiger partial charge in [-0.15, -0.1) is 0 Å². The lowest BCUT2D eigenvalue weighted by Crippen LogP contribution is -2.42. The highest BCUT2D eigenvalue weighted by molar-refractivity contribution is 6.30. The second-order valence-corrected chi connectivity index (χ2v) is 8.40. The average Bonchev–Trinajstić information content (AvgIpc) is 2.69. The van der Waals surface area contributed by atoms with E-state index in [1.54, 1.807) is 25.1 Å². The molecule has 0 aliphatic carbocycles. The van der Waals surface area contributed by atoms with Gasteiger partial charge >= 0.3 is 0 Å². The Morgan fingerprint density at radius 2 is 1.83 bits per heavy atom. The van der Waals surface area contributed by atoms with E-state index in [0.717, 1.165) is 31.6 Å². The minimum atomic E-state index is -0.814. The number of carbonyl (C=O) groups excluding carboxylic acids is 1. The van der Waals surface area contributed by atoms with E-state index in [0.29, 0.717) is 35.5 Å². The first-order valence-corrected chi connectivity index (χ1v) is 10.4. The highest BCUT2D eigenvalue weighted by Crippen LogP contribution is 2.33. The van der Waals surface area contributed by atoms with E-state index in [1.807, 2.05) is 24.3 Å². The van der Waals surface area contributed by atoms with Crippen molar-refractivity contribution in [1.29, 1.82) is 0 Å². The molecule has 0 aromatic heterocycles. The van der Waals surface area contributed by atoms with Crippen molar-refractivity contribution >= 4 is 23.1 Å². The van der Waals surface area contributed by atoms with Crippen LogP contribution in [0.4, 0.5) is 10.1 Å². The summed E-state index contributed by atoms with van der Waals surface area (Å²) in [5, 5.41) is 11.6. The number of hydrogen-bond donors (Lipinski definition) is 1. The van der Waals surface area contributed by atoms with E-state index in [1.165, 1.54) is 12.1 Å². The van der Waals surface area contributed by atoms with Gasteiger partial charge in [0.15, 0.2) is 5.78 Å². The standard InChI is InChI=1S/C23H28ClFN2O2/c1-26(2)21-16-19(25)9-10-20(21)22(28)4-3-13-27-14-11-23(29,12-15-27)17-5-7-18(24)8-6-17/h5-10,16,29H,3-4,11-15H2,1-2H3. The number of hydrogen-bond acceptors (Lipinski definition) is 4. The molecule has 1 aliphatic rings. The second kappa shape index (κ2) is 9.24. The van der Waals surface area contributed by atoms with E-state index in [4.69, 9.17) is 11.6 Å². The fourth-order valence-electron chi connectivity index (χ4n) is 3.90. The molecular formula is C23H28ClFN2O2. The summed E-state index contributed by atoms with van der Waals surface area (Å²) in [6, 6.07) is 11.7. The highest BCUT2D eigenvalue weighted by Gasteiger charge is 2.33. The van der Waals surface area contributed by atoms with Crippen molar-refractivity contribution in [3.05, 3.63) is 64.4 Å². The largest absolute Gasteiger partial charge is 0.385 e. The summed E-state index contributed by atoms with van der Waals surface area (Å²) >= 11 is 5.94. The highest BCUT2D eigenvalue weighted by atomic mass is 35.5. The van der Waals surface area contributed by atoms with Crippen molar-refractivity contribution in [2.45, 2.75) is 31.3 Å². The maximum atomic E-state index is 13.5. The molecule has 0 amide bonds. The molecule has 0 bridgehead atoms. The predicted molar refractivity (Wildman–Crippen MR) is 115 cm³/mol. The maximum Gasteiger partial charge on any atom is 0.165 e. The van der Waals surface area contributed by atoms with Crippen LogP contribution in [0.2, 0.25) is 5.02 Å². The molecule has 6 heteroatoms. The van der Waals surface area contributed by atoms with Crippen LogP contribution in [0.5, 0.6) is 0 Å². The van der Waals surface area contributed by atoms with Gasteiger partial charge in [-0.1, -0.05) is 23.7 Å². The number of anilines is 1. The molecule has 0 radical (unpaired) electrons. The zero-order chi connectivity index (χ0) is 21.0. The number of ketones is 1. The number of piperidine rings is 1. The van der Waals surface area contributed by atoms with Crippen LogP contribution >= 0.6 is 11.6 Å². The van der Waals surface area contributed by atoms with E-state index in [2.05, 4.69) is 4.90 Å². The number of carbonyl (C=O) groups is 1. The molecular weight excluding hydrogens is 391 g/mol. The van der Waals surface area contributed by atoms with Crippen LogP contribution in [0.3, 0.4) is 0 Å². The molecule has 0 spiro atoms. The molecule has 2 aromatic carbocycles. The third-order valence-corrected chi connectivity index (χ3v) is 5.94. The van der Waals surface area contributed by atoms with Crippen LogP contribution in [0.1, 0.15) is 41.6 Å². The van der Waals surface area contributed by atoms with Crippen molar-refractivity contribution in [3.8, 4) is 0 Å². The number of rotatable bonds is 7. The van der Waals surface area contributed by atoms with E-state index >= 15 is 0 Å². The summed E-state index contributed by atoms with van der Waals surface area (Å²) < 4.78 is 13.5.